The summed E-state index contributed by atoms with van der Waals surface area (Å²) in [4.78, 5) is 2.20. The van der Waals surface area contributed by atoms with Crippen molar-refractivity contribution in [3.63, 3.8) is 0 Å². The summed E-state index contributed by atoms with van der Waals surface area (Å²) in [5.41, 5.74) is 5.06. The molecule has 0 saturated heterocycles. The van der Waals surface area contributed by atoms with Crippen LogP contribution in [0, 0.1) is 17.2 Å². The maximum Gasteiger partial charge on any atom is 0.114 e. The lowest BCUT2D eigenvalue weighted by molar-refractivity contribution is 0.208. The van der Waals surface area contributed by atoms with Crippen LogP contribution in [0.3, 0.4) is 0 Å². The molecule has 74 valence electrons. The minimum atomic E-state index is -0.710. The summed E-state index contributed by atoms with van der Waals surface area (Å²) in [6, 6.07) is 2.69. The van der Waals surface area contributed by atoms with Gasteiger partial charge in [0, 0.05) is 12.6 Å². The van der Waals surface area contributed by atoms with Gasteiger partial charge in [0.1, 0.15) is 5.54 Å². The summed E-state index contributed by atoms with van der Waals surface area (Å²) < 4.78 is 0. The van der Waals surface area contributed by atoms with Gasteiger partial charge in [0.2, 0.25) is 0 Å². The van der Waals surface area contributed by atoms with Crippen LogP contribution >= 0.6 is 0 Å². The summed E-state index contributed by atoms with van der Waals surface area (Å²) in [5.74, 6) is 0.833. The number of nitrogens with zero attached hydrogens (tertiary/aromatic N) is 2. The van der Waals surface area contributed by atoms with Crippen LogP contribution in [-0.2, 0) is 0 Å². The highest BCUT2D eigenvalue weighted by Gasteiger charge is 2.32. The molecule has 0 amide bonds. The Labute approximate surface area is 80.5 Å². The van der Waals surface area contributed by atoms with E-state index in [1.807, 2.05) is 7.05 Å². The number of likely N-dealkylation sites (N-methyl/N-ethyl adjacent to an activating group) is 1. The highest BCUT2D eigenvalue weighted by atomic mass is 15.2. The van der Waals surface area contributed by atoms with E-state index in [1.54, 1.807) is 6.92 Å². The second-order valence-corrected chi connectivity index (χ2v) is 4.52. The second-order valence-electron chi connectivity index (χ2n) is 4.52. The standard InChI is InChI=1S/C10H19N3/c1-8(9-4-5-9)13(3)7-10(2,12)6-11/h8-9H,4-5,7,12H2,1-3H3. The zero-order valence-electron chi connectivity index (χ0n) is 8.75. The Morgan fingerprint density at radius 1 is 1.69 bits per heavy atom. The van der Waals surface area contributed by atoms with Crippen LogP contribution < -0.4 is 5.73 Å². The molecule has 1 saturated carbocycles. The third-order valence-corrected chi connectivity index (χ3v) is 2.83. The molecule has 0 aliphatic heterocycles. The molecule has 13 heavy (non-hydrogen) atoms. The van der Waals surface area contributed by atoms with Crippen LogP contribution in [-0.4, -0.2) is 30.1 Å². The Morgan fingerprint density at radius 3 is 2.62 bits per heavy atom. The summed E-state index contributed by atoms with van der Waals surface area (Å²) in [7, 11) is 2.05. The maximum absolute atomic E-state index is 8.78. The van der Waals surface area contributed by atoms with Crippen LogP contribution in [0.2, 0.25) is 0 Å². The van der Waals surface area contributed by atoms with Crippen molar-refractivity contribution in [1.82, 2.24) is 4.90 Å². The maximum atomic E-state index is 8.78. The summed E-state index contributed by atoms with van der Waals surface area (Å²) >= 11 is 0. The van der Waals surface area contributed by atoms with Gasteiger partial charge >= 0.3 is 0 Å². The van der Waals surface area contributed by atoms with Gasteiger partial charge in [-0.05, 0) is 39.7 Å². The average molecular weight is 181 g/mol. The van der Waals surface area contributed by atoms with Gasteiger partial charge in [-0.25, -0.2) is 0 Å². The first-order valence-corrected chi connectivity index (χ1v) is 4.86. The van der Waals surface area contributed by atoms with Crippen molar-refractivity contribution in [3.8, 4) is 6.07 Å². The molecule has 0 radical (unpaired) electrons. The molecule has 3 heteroatoms. The van der Waals surface area contributed by atoms with Crippen molar-refractivity contribution < 1.29 is 0 Å². The lowest BCUT2D eigenvalue weighted by atomic mass is 10.0. The third kappa shape index (κ3) is 2.98. The van der Waals surface area contributed by atoms with E-state index in [2.05, 4.69) is 17.9 Å². The molecule has 0 heterocycles. The molecule has 1 rings (SSSR count). The zero-order valence-corrected chi connectivity index (χ0v) is 8.75. The van der Waals surface area contributed by atoms with Gasteiger partial charge in [0.15, 0.2) is 0 Å². The first kappa shape index (κ1) is 10.5. The van der Waals surface area contributed by atoms with Crippen LogP contribution in [0.5, 0.6) is 0 Å². The van der Waals surface area contributed by atoms with Gasteiger partial charge in [-0.2, -0.15) is 5.26 Å². The molecule has 0 aromatic rings. The Morgan fingerprint density at radius 2 is 2.23 bits per heavy atom. The van der Waals surface area contributed by atoms with Crippen molar-refractivity contribution in [2.24, 2.45) is 11.7 Å². The Kier molecular flexibility index (Phi) is 2.94. The van der Waals surface area contributed by atoms with Crippen molar-refractivity contribution in [2.75, 3.05) is 13.6 Å². The SMILES string of the molecule is CC(C1CC1)N(C)CC(C)(N)C#N. The van der Waals surface area contributed by atoms with E-state index in [0.29, 0.717) is 12.6 Å². The number of hydrogen-bond donors (Lipinski definition) is 1. The molecule has 1 aliphatic carbocycles. The molecule has 1 aliphatic rings. The molecule has 0 aromatic heterocycles. The molecule has 2 unspecified atom stereocenters. The predicted octanol–water partition coefficient (Wildman–Crippen LogP) is 0.958. The molecule has 2 N–H and O–H groups in total. The topological polar surface area (TPSA) is 53.0 Å². The number of nitriles is 1. The van der Waals surface area contributed by atoms with Gasteiger partial charge in [0.05, 0.1) is 6.07 Å². The number of nitrogens with two attached hydrogens (primary N) is 1. The molecule has 0 bridgehead atoms. The third-order valence-electron chi connectivity index (χ3n) is 2.83. The van der Waals surface area contributed by atoms with Crippen LogP contribution in [0.4, 0.5) is 0 Å². The second kappa shape index (κ2) is 3.65. The van der Waals surface area contributed by atoms with Crippen LogP contribution in [0.1, 0.15) is 26.7 Å². The zero-order chi connectivity index (χ0) is 10.1. The van der Waals surface area contributed by atoms with Gasteiger partial charge < -0.3 is 10.6 Å². The molecule has 2 atom stereocenters. The minimum absolute atomic E-state index is 0.566. The fourth-order valence-corrected chi connectivity index (χ4v) is 1.64. The molecule has 0 aromatic carbocycles. The van der Waals surface area contributed by atoms with Gasteiger partial charge in [-0.3, -0.25) is 0 Å². The van der Waals surface area contributed by atoms with E-state index in [-0.39, 0.29) is 0 Å². The van der Waals surface area contributed by atoms with Gasteiger partial charge in [-0.1, -0.05) is 0 Å². The van der Waals surface area contributed by atoms with Gasteiger partial charge in [0.25, 0.3) is 0 Å². The van der Waals surface area contributed by atoms with Crippen LogP contribution in [0.15, 0.2) is 0 Å². The van der Waals surface area contributed by atoms with E-state index in [0.717, 1.165) is 5.92 Å². The molecular weight excluding hydrogens is 162 g/mol. The Hall–Kier alpha value is -0.590. The normalized spacial score (nSPS) is 23.7. The fraction of sp³-hybridized carbons (Fsp3) is 0.900. The first-order valence-electron chi connectivity index (χ1n) is 4.86. The van der Waals surface area contributed by atoms with Crippen molar-refractivity contribution >= 4 is 0 Å². The first-order chi connectivity index (χ1) is 5.96. The van der Waals surface area contributed by atoms with Crippen LogP contribution in [0.25, 0.3) is 0 Å². The van der Waals surface area contributed by atoms with Crippen molar-refractivity contribution in [2.45, 2.75) is 38.3 Å². The van der Waals surface area contributed by atoms with Gasteiger partial charge in [-0.15, -0.1) is 0 Å². The monoisotopic (exact) mass is 181 g/mol. The fourth-order valence-electron chi connectivity index (χ4n) is 1.64. The van der Waals surface area contributed by atoms with E-state index >= 15 is 0 Å². The van der Waals surface area contributed by atoms with E-state index in [4.69, 9.17) is 11.0 Å². The van der Waals surface area contributed by atoms with E-state index < -0.39 is 5.54 Å². The molecular formula is C10H19N3. The molecule has 3 nitrogen and oxygen atoms in total. The largest absolute Gasteiger partial charge is 0.313 e. The summed E-state index contributed by atoms with van der Waals surface area (Å²) in [5, 5.41) is 8.78. The Balaban J connectivity index is 2.40. The number of hydrogen-bond acceptors (Lipinski definition) is 3. The molecule has 1 fully saturated rings. The number of rotatable bonds is 4. The van der Waals surface area contributed by atoms with Crippen molar-refractivity contribution in [3.05, 3.63) is 0 Å². The van der Waals surface area contributed by atoms with Crippen molar-refractivity contribution in [1.29, 1.82) is 5.26 Å². The summed E-state index contributed by atoms with van der Waals surface area (Å²) in [6.45, 7) is 4.65. The quantitative estimate of drug-likeness (QED) is 0.702. The summed E-state index contributed by atoms with van der Waals surface area (Å²) in [6.07, 6.45) is 2.67. The highest BCUT2D eigenvalue weighted by Crippen LogP contribution is 2.34. The van der Waals surface area contributed by atoms with E-state index in [9.17, 15) is 0 Å². The minimum Gasteiger partial charge on any atom is -0.313 e. The van der Waals surface area contributed by atoms with E-state index in [1.165, 1.54) is 12.8 Å². The average Bonchev–Trinajstić information content (AvgIpc) is 2.85. The lowest BCUT2D eigenvalue weighted by Gasteiger charge is -2.29. The lowest BCUT2D eigenvalue weighted by Crippen LogP contribution is -2.48. The smallest absolute Gasteiger partial charge is 0.114 e. The Bertz CT molecular complexity index is 213. The highest BCUT2D eigenvalue weighted by molar-refractivity contribution is 5.03. The molecule has 0 spiro atoms. The predicted molar refractivity (Wildman–Crippen MR) is 53.0 cm³/mol.